The molecule has 1 amide bonds. The average Bonchev–Trinajstić information content (AvgIpc) is 2.48. The summed E-state index contributed by atoms with van der Waals surface area (Å²) in [6, 6.07) is 8.99. The normalized spacial score (nSPS) is 12.0. The Labute approximate surface area is 130 Å². The Balaban J connectivity index is 2.28. The molecule has 1 aromatic carbocycles. The van der Waals surface area contributed by atoms with Crippen molar-refractivity contribution in [2.45, 2.75) is 13.0 Å². The van der Waals surface area contributed by atoms with Crippen LogP contribution in [0.2, 0.25) is 0 Å². The van der Waals surface area contributed by atoms with E-state index in [1.54, 1.807) is 19.5 Å². The minimum absolute atomic E-state index is 0.123. The Morgan fingerprint density at radius 2 is 2.09 bits per heavy atom. The molecule has 0 aliphatic carbocycles. The van der Waals surface area contributed by atoms with E-state index >= 15 is 0 Å². The molecule has 5 nitrogen and oxygen atoms in total. The first-order valence-corrected chi connectivity index (χ1v) is 7.04. The molecule has 0 saturated carbocycles. The Hall–Kier alpha value is -2.40. The molecule has 1 heterocycles. The van der Waals surface area contributed by atoms with Crippen molar-refractivity contribution in [3.63, 3.8) is 0 Å². The Morgan fingerprint density at radius 1 is 1.32 bits per heavy atom. The summed E-state index contributed by atoms with van der Waals surface area (Å²) in [7, 11) is 5.32. The van der Waals surface area contributed by atoms with Crippen molar-refractivity contribution in [2.75, 3.05) is 26.5 Å². The second-order valence-electron chi connectivity index (χ2n) is 5.35. The zero-order valence-corrected chi connectivity index (χ0v) is 13.3. The van der Waals surface area contributed by atoms with Gasteiger partial charge in [0.25, 0.3) is 0 Å². The monoisotopic (exact) mass is 299 g/mol. The molecule has 0 bridgehead atoms. The number of nitrogens with zero attached hydrogens (tertiary/aromatic N) is 2. The van der Waals surface area contributed by atoms with E-state index in [4.69, 9.17) is 4.74 Å². The highest BCUT2D eigenvalue weighted by atomic mass is 16.5. The van der Waals surface area contributed by atoms with Crippen molar-refractivity contribution in [1.29, 1.82) is 0 Å². The van der Waals surface area contributed by atoms with Gasteiger partial charge in [0.2, 0.25) is 5.91 Å². The van der Waals surface area contributed by atoms with Crippen molar-refractivity contribution < 1.29 is 9.53 Å². The number of aromatic nitrogens is 1. The fourth-order valence-electron chi connectivity index (χ4n) is 2.34. The first kappa shape index (κ1) is 16.0. The maximum Gasteiger partial charge on any atom is 0.246 e. The lowest BCUT2D eigenvalue weighted by atomic mass is 10.1. The third kappa shape index (κ3) is 3.62. The number of benzene rings is 1. The van der Waals surface area contributed by atoms with E-state index < -0.39 is 6.04 Å². The van der Waals surface area contributed by atoms with Crippen LogP contribution in [0.5, 0.6) is 5.75 Å². The molecule has 22 heavy (non-hydrogen) atoms. The molecular formula is C17H21N3O2. The van der Waals surface area contributed by atoms with E-state index in [2.05, 4.69) is 10.3 Å². The minimum atomic E-state index is -0.418. The number of pyridine rings is 1. The largest absolute Gasteiger partial charge is 0.495 e. The maximum atomic E-state index is 12.7. The summed E-state index contributed by atoms with van der Waals surface area (Å²) in [6.45, 7) is 1.97. The fraction of sp³-hybridized carbons (Fsp3) is 0.294. The summed E-state index contributed by atoms with van der Waals surface area (Å²) in [5, 5.41) is 2.95. The molecule has 0 fully saturated rings. The van der Waals surface area contributed by atoms with Crippen LogP contribution in [0.15, 0.2) is 42.7 Å². The van der Waals surface area contributed by atoms with Crippen LogP contribution < -0.4 is 10.1 Å². The molecule has 0 aliphatic heterocycles. The number of carbonyl (C=O) groups is 1. The molecule has 1 unspecified atom stereocenters. The lowest BCUT2D eigenvalue weighted by molar-refractivity contribution is -0.120. The second kappa shape index (κ2) is 7.04. The summed E-state index contributed by atoms with van der Waals surface area (Å²) in [6.07, 6.45) is 3.40. The third-order valence-electron chi connectivity index (χ3n) is 3.38. The molecule has 0 spiro atoms. The van der Waals surface area contributed by atoms with Gasteiger partial charge in [-0.05, 0) is 50.3 Å². The van der Waals surface area contributed by atoms with E-state index in [-0.39, 0.29) is 5.91 Å². The van der Waals surface area contributed by atoms with E-state index in [9.17, 15) is 4.79 Å². The lowest BCUT2D eigenvalue weighted by Gasteiger charge is -2.24. The molecule has 0 aliphatic rings. The van der Waals surface area contributed by atoms with Gasteiger partial charge in [0.15, 0.2) is 0 Å². The van der Waals surface area contributed by atoms with Crippen LogP contribution in [0.1, 0.15) is 17.2 Å². The molecule has 1 atom stereocenters. The van der Waals surface area contributed by atoms with Gasteiger partial charge in [0.1, 0.15) is 11.8 Å². The number of rotatable bonds is 5. The van der Waals surface area contributed by atoms with Crippen LogP contribution in [0.25, 0.3) is 0 Å². The van der Waals surface area contributed by atoms with E-state index in [1.807, 2.05) is 56.3 Å². The van der Waals surface area contributed by atoms with E-state index in [0.29, 0.717) is 11.4 Å². The van der Waals surface area contributed by atoms with Gasteiger partial charge in [-0.3, -0.25) is 14.7 Å². The Morgan fingerprint density at radius 3 is 2.68 bits per heavy atom. The summed E-state index contributed by atoms with van der Waals surface area (Å²) >= 11 is 0. The van der Waals surface area contributed by atoms with Crippen LogP contribution in [-0.4, -0.2) is 37.0 Å². The zero-order chi connectivity index (χ0) is 16.1. The number of hydrogen-bond donors (Lipinski definition) is 1. The lowest BCUT2D eigenvalue weighted by Crippen LogP contribution is -2.32. The third-order valence-corrected chi connectivity index (χ3v) is 3.38. The van der Waals surface area contributed by atoms with Crippen molar-refractivity contribution in [3.05, 3.63) is 53.9 Å². The summed E-state index contributed by atoms with van der Waals surface area (Å²) in [4.78, 5) is 18.6. The van der Waals surface area contributed by atoms with Crippen molar-refractivity contribution in [1.82, 2.24) is 9.88 Å². The molecule has 116 valence electrons. The van der Waals surface area contributed by atoms with Crippen LogP contribution in [0.4, 0.5) is 5.69 Å². The van der Waals surface area contributed by atoms with Crippen LogP contribution in [0.3, 0.4) is 0 Å². The molecular weight excluding hydrogens is 278 g/mol. The first-order chi connectivity index (χ1) is 10.5. The molecule has 0 radical (unpaired) electrons. The molecule has 2 rings (SSSR count). The molecule has 1 N–H and O–H groups in total. The number of nitrogens with one attached hydrogen (secondary N) is 1. The molecule has 2 aromatic rings. The van der Waals surface area contributed by atoms with Crippen molar-refractivity contribution >= 4 is 11.6 Å². The highest BCUT2D eigenvalue weighted by Crippen LogP contribution is 2.27. The first-order valence-electron chi connectivity index (χ1n) is 7.04. The number of methoxy groups -OCH3 is 1. The molecule has 5 heteroatoms. The van der Waals surface area contributed by atoms with Gasteiger partial charge in [-0.1, -0.05) is 12.1 Å². The van der Waals surface area contributed by atoms with Crippen molar-refractivity contribution in [2.24, 2.45) is 0 Å². The minimum Gasteiger partial charge on any atom is -0.495 e. The second-order valence-corrected chi connectivity index (χ2v) is 5.35. The van der Waals surface area contributed by atoms with Gasteiger partial charge in [-0.2, -0.15) is 0 Å². The Kier molecular flexibility index (Phi) is 5.12. The fourth-order valence-corrected chi connectivity index (χ4v) is 2.34. The number of likely N-dealkylation sites (N-methyl/N-ethyl adjacent to an activating group) is 1. The van der Waals surface area contributed by atoms with Gasteiger partial charge >= 0.3 is 0 Å². The topological polar surface area (TPSA) is 54.5 Å². The van der Waals surface area contributed by atoms with Gasteiger partial charge in [-0.25, -0.2) is 0 Å². The highest BCUT2D eigenvalue weighted by molar-refractivity contribution is 5.96. The zero-order valence-electron chi connectivity index (χ0n) is 13.3. The number of amides is 1. The number of carbonyl (C=O) groups excluding carboxylic acids is 1. The molecule has 0 saturated heterocycles. The van der Waals surface area contributed by atoms with Gasteiger partial charge in [0.05, 0.1) is 12.8 Å². The van der Waals surface area contributed by atoms with Crippen molar-refractivity contribution in [3.8, 4) is 5.75 Å². The summed E-state index contributed by atoms with van der Waals surface area (Å²) in [5.74, 6) is 0.518. The SMILES string of the molecule is COc1ccc(C)cc1NC(=O)C(c1cccnc1)N(C)C. The number of anilines is 1. The van der Waals surface area contributed by atoms with Crippen LogP contribution in [-0.2, 0) is 4.79 Å². The van der Waals surface area contributed by atoms with Gasteiger partial charge in [-0.15, -0.1) is 0 Å². The number of aryl methyl sites for hydroxylation is 1. The predicted molar refractivity (Wildman–Crippen MR) is 87.0 cm³/mol. The van der Waals surface area contributed by atoms with E-state index in [1.165, 1.54) is 0 Å². The average molecular weight is 299 g/mol. The molecule has 1 aromatic heterocycles. The predicted octanol–water partition coefficient (Wildman–Crippen LogP) is 2.64. The summed E-state index contributed by atoms with van der Waals surface area (Å²) in [5.41, 5.74) is 2.57. The van der Waals surface area contributed by atoms with E-state index in [0.717, 1.165) is 11.1 Å². The van der Waals surface area contributed by atoms with Crippen LogP contribution in [0, 0.1) is 6.92 Å². The van der Waals surface area contributed by atoms with Gasteiger partial charge in [0, 0.05) is 12.4 Å². The van der Waals surface area contributed by atoms with Crippen LogP contribution >= 0.6 is 0 Å². The van der Waals surface area contributed by atoms with Gasteiger partial charge < -0.3 is 10.1 Å². The standard InChI is InChI=1S/C17H21N3O2/c1-12-7-8-15(22-4)14(10-12)19-17(21)16(20(2)3)13-6-5-9-18-11-13/h5-11,16H,1-4H3,(H,19,21). The maximum absolute atomic E-state index is 12.7. The number of hydrogen-bond acceptors (Lipinski definition) is 4. The smallest absolute Gasteiger partial charge is 0.246 e. The Bertz CT molecular complexity index is 642. The highest BCUT2D eigenvalue weighted by Gasteiger charge is 2.24. The number of ether oxygens (including phenoxy) is 1. The quantitative estimate of drug-likeness (QED) is 0.922. The summed E-state index contributed by atoms with van der Waals surface area (Å²) < 4.78 is 5.31.